The molecule has 2 aromatic rings. The van der Waals surface area contributed by atoms with E-state index >= 15 is 0 Å². The van der Waals surface area contributed by atoms with Crippen LogP contribution in [-0.2, 0) is 4.74 Å². The number of rotatable bonds is 6. The van der Waals surface area contributed by atoms with Crippen LogP contribution in [0.5, 0.6) is 5.75 Å². The van der Waals surface area contributed by atoms with E-state index in [2.05, 4.69) is 11.8 Å². The molecular formula is C19H21FN2O4. The highest BCUT2D eigenvalue weighted by atomic mass is 19.1. The third-order valence-corrected chi connectivity index (χ3v) is 4.48. The Morgan fingerprint density at radius 2 is 2.12 bits per heavy atom. The first kappa shape index (κ1) is 18.3. The lowest BCUT2D eigenvalue weighted by Crippen LogP contribution is -2.45. The van der Waals surface area contributed by atoms with Crippen LogP contribution < -0.4 is 4.74 Å². The van der Waals surface area contributed by atoms with E-state index in [-0.39, 0.29) is 23.7 Å². The zero-order chi connectivity index (χ0) is 18.5. The normalized spacial score (nSPS) is 19.1. The second kappa shape index (κ2) is 8.25. The molecule has 138 valence electrons. The van der Waals surface area contributed by atoms with Crippen LogP contribution in [-0.4, -0.2) is 42.2 Å². The Morgan fingerprint density at radius 1 is 1.35 bits per heavy atom. The summed E-state index contributed by atoms with van der Waals surface area (Å²) in [7, 11) is 0. The third-order valence-electron chi connectivity index (χ3n) is 4.48. The van der Waals surface area contributed by atoms with Crippen LogP contribution in [0.4, 0.5) is 10.1 Å². The lowest BCUT2D eigenvalue weighted by Gasteiger charge is -2.36. The third kappa shape index (κ3) is 4.56. The lowest BCUT2D eigenvalue weighted by atomic mass is 10.1. The topological polar surface area (TPSA) is 64.8 Å². The van der Waals surface area contributed by atoms with Gasteiger partial charge in [0.15, 0.2) is 0 Å². The monoisotopic (exact) mass is 360 g/mol. The molecule has 1 aliphatic rings. The number of ether oxygens (including phenoxy) is 2. The van der Waals surface area contributed by atoms with E-state index in [0.29, 0.717) is 25.5 Å². The van der Waals surface area contributed by atoms with Crippen molar-refractivity contribution in [3.8, 4) is 5.75 Å². The van der Waals surface area contributed by atoms with Crippen molar-refractivity contribution in [2.24, 2.45) is 0 Å². The summed E-state index contributed by atoms with van der Waals surface area (Å²) in [6.07, 6.45) is -0.165. The van der Waals surface area contributed by atoms with Gasteiger partial charge in [-0.1, -0.05) is 12.1 Å². The highest BCUT2D eigenvalue weighted by Crippen LogP contribution is 2.24. The first-order valence-corrected chi connectivity index (χ1v) is 8.51. The zero-order valence-corrected chi connectivity index (χ0v) is 14.5. The van der Waals surface area contributed by atoms with Gasteiger partial charge in [-0.3, -0.25) is 15.0 Å². The van der Waals surface area contributed by atoms with Gasteiger partial charge in [0.25, 0.3) is 5.69 Å². The van der Waals surface area contributed by atoms with Crippen LogP contribution >= 0.6 is 0 Å². The van der Waals surface area contributed by atoms with E-state index in [1.807, 2.05) is 6.07 Å². The summed E-state index contributed by atoms with van der Waals surface area (Å²) < 4.78 is 25.0. The molecule has 0 N–H and O–H groups in total. The van der Waals surface area contributed by atoms with Crippen molar-refractivity contribution in [2.75, 3.05) is 26.3 Å². The molecule has 26 heavy (non-hydrogen) atoms. The van der Waals surface area contributed by atoms with Crippen molar-refractivity contribution < 1.29 is 18.8 Å². The van der Waals surface area contributed by atoms with Crippen LogP contribution in [0.2, 0.25) is 0 Å². The number of morpholine rings is 1. The van der Waals surface area contributed by atoms with Crippen LogP contribution in [0.1, 0.15) is 18.6 Å². The van der Waals surface area contributed by atoms with Crippen LogP contribution in [0, 0.1) is 15.9 Å². The minimum absolute atomic E-state index is 0.0384. The average Bonchev–Trinajstić information content (AvgIpc) is 2.66. The Kier molecular flexibility index (Phi) is 5.80. The zero-order valence-electron chi connectivity index (χ0n) is 14.5. The Labute approximate surface area is 151 Å². The molecule has 0 aromatic heterocycles. The minimum atomic E-state index is -0.438. The number of hydrogen-bond acceptors (Lipinski definition) is 5. The minimum Gasteiger partial charge on any atom is -0.492 e. The molecule has 1 fully saturated rings. The number of non-ortho nitro benzene ring substituents is 1. The number of nitro benzene ring substituents is 1. The number of hydrogen-bond donors (Lipinski definition) is 0. The predicted octanol–water partition coefficient (Wildman–Crippen LogP) is 3.57. The standard InChI is InChI=1S/C19H21FN2O4/c1-14(13-26-18-7-5-17(6-8-18)22(23)24)21-9-10-25-19(12-21)15-3-2-4-16(20)11-15/h2-8,11,14,19H,9-10,12-13H2,1H3. The van der Waals surface area contributed by atoms with Gasteiger partial charge >= 0.3 is 0 Å². The smallest absolute Gasteiger partial charge is 0.269 e. The maximum absolute atomic E-state index is 13.4. The summed E-state index contributed by atoms with van der Waals surface area (Å²) in [6, 6.07) is 12.7. The first-order valence-electron chi connectivity index (χ1n) is 8.51. The molecule has 7 heteroatoms. The Balaban J connectivity index is 1.55. The van der Waals surface area contributed by atoms with Gasteiger partial charge in [0, 0.05) is 31.3 Å². The molecule has 2 atom stereocenters. The first-order chi connectivity index (χ1) is 12.5. The maximum atomic E-state index is 13.4. The molecule has 0 saturated carbocycles. The summed E-state index contributed by atoms with van der Waals surface area (Å²) in [6.45, 7) is 4.51. The summed E-state index contributed by atoms with van der Waals surface area (Å²) in [5.74, 6) is 0.329. The van der Waals surface area contributed by atoms with Gasteiger partial charge < -0.3 is 9.47 Å². The molecule has 6 nitrogen and oxygen atoms in total. The predicted molar refractivity (Wildman–Crippen MR) is 94.7 cm³/mol. The van der Waals surface area contributed by atoms with E-state index in [1.165, 1.54) is 24.3 Å². The molecule has 0 spiro atoms. The van der Waals surface area contributed by atoms with Crippen molar-refractivity contribution in [3.05, 3.63) is 70.0 Å². The summed E-state index contributed by atoms with van der Waals surface area (Å²) in [5, 5.41) is 10.7. The quantitative estimate of drug-likeness (QED) is 0.582. The average molecular weight is 360 g/mol. The second-order valence-electron chi connectivity index (χ2n) is 6.32. The molecule has 1 aliphatic heterocycles. The Morgan fingerprint density at radius 3 is 2.81 bits per heavy atom. The van der Waals surface area contributed by atoms with Gasteiger partial charge in [-0.15, -0.1) is 0 Å². The molecule has 1 heterocycles. The molecular weight excluding hydrogens is 339 g/mol. The number of nitrogens with zero attached hydrogens (tertiary/aromatic N) is 2. The molecule has 0 amide bonds. The number of halogens is 1. The van der Waals surface area contributed by atoms with Gasteiger partial charge in [0.05, 0.1) is 17.6 Å². The maximum Gasteiger partial charge on any atom is 0.269 e. The summed E-state index contributed by atoms with van der Waals surface area (Å²) >= 11 is 0. The fraction of sp³-hybridized carbons (Fsp3) is 0.368. The van der Waals surface area contributed by atoms with Crippen molar-refractivity contribution in [2.45, 2.75) is 19.1 Å². The van der Waals surface area contributed by atoms with E-state index in [0.717, 1.165) is 12.1 Å². The van der Waals surface area contributed by atoms with Gasteiger partial charge in [-0.25, -0.2) is 4.39 Å². The molecule has 1 saturated heterocycles. The Hall–Kier alpha value is -2.51. The SMILES string of the molecule is CC(COc1ccc([N+](=O)[O-])cc1)N1CCOC(c2cccc(F)c2)C1. The van der Waals surface area contributed by atoms with E-state index < -0.39 is 4.92 Å². The highest BCUT2D eigenvalue weighted by molar-refractivity contribution is 5.36. The van der Waals surface area contributed by atoms with Gasteiger partial charge in [0.1, 0.15) is 18.2 Å². The molecule has 0 aliphatic carbocycles. The fourth-order valence-corrected chi connectivity index (χ4v) is 2.96. The lowest BCUT2D eigenvalue weighted by molar-refractivity contribution is -0.384. The molecule has 0 radical (unpaired) electrons. The largest absolute Gasteiger partial charge is 0.492 e. The van der Waals surface area contributed by atoms with Crippen molar-refractivity contribution in [3.63, 3.8) is 0 Å². The van der Waals surface area contributed by atoms with Gasteiger partial charge in [-0.05, 0) is 36.8 Å². The Bertz CT molecular complexity index is 753. The molecule has 0 bridgehead atoms. The number of nitro groups is 1. The van der Waals surface area contributed by atoms with Crippen molar-refractivity contribution in [1.29, 1.82) is 0 Å². The van der Waals surface area contributed by atoms with Gasteiger partial charge in [0.2, 0.25) is 0 Å². The van der Waals surface area contributed by atoms with Crippen LogP contribution in [0.3, 0.4) is 0 Å². The van der Waals surface area contributed by atoms with Crippen LogP contribution in [0.15, 0.2) is 48.5 Å². The molecule has 2 unspecified atom stereocenters. The van der Waals surface area contributed by atoms with Crippen molar-refractivity contribution in [1.82, 2.24) is 4.90 Å². The number of benzene rings is 2. The molecule has 2 aromatic carbocycles. The van der Waals surface area contributed by atoms with Crippen LogP contribution in [0.25, 0.3) is 0 Å². The van der Waals surface area contributed by atoms with E-state index in [1.54, 1.807) is 18.2 Å². The highest BCUT2D eigenvalue weighted by Gasteiger charge is 2.25. The van der Waals surface area contributed by atoms with Crippen molar-refractivity contribution >= 4 is 5.69 Å². The van der Waals surface area contributed by atoms with E-state index in [4.69, 9.17) is 9.47 Å². The molecule has 3 rings (SSSR count). The summed E-state index contributed by atoms with van der Waals surface area (Å²) in [5.41, 5.74) is 0.870. The second-order valence-corrected chi connectivity index (χ2v) is 6.32. The van der Waals surface area contributed by atoms with Gasteiger partial charge in [-0.2, -0.15) is 0 Å². The fourth-order valence-electron chi connectivity index (χ4n) is 2.96. The van der Waals surface area contributed by atoms with E-state index in [9.17, 15) is 14.5 Å². The summed E-state index contributed by atoms with van der Waals surface area (Å²) in [4.78, 5) is 12.5.